The first-order chi connectivity index (χ1) is 14.0. The van der Waals surface area contributed by atoms with E-state index in [1.54, 1.807) is 30.5 Å². The molecule has 3 aromatic rings. The summed E-state index contributed by atoms with van der Waals surface area (Å²) in [6, 6.07) is 13.1. The van der Waals surface area contributed by atoms with Crippen LogP contribution in [0.2, 0.25) is 0 Å². The fourth-order valence-electron chi connectivity index (χ4n) is 3.38. The van der Waals surface area contributed by atoms with Crippen LogP contribution < -0.4 is 10.3 Å². The van der Waals surface area contributed by atoms with Crippen molar-refractivity contribution in [1.82, 2.24) is 19.3 Å². The van der Waals surface area contributed by atoms with E-state index in [0.29, 0.717) is 35.9 Å². The van der Waals surface area contributed by atoms with E-state index in [9.17, 15) is 13.2 Å². The van der Waals surface area contributed by atoms with Crippen LogP contribution in [-0.2, 0) is 10.0 Å². The summed E-state index contributed by atoms with van der Waals surface area (Å²) in [5, 5.41) is 0. The normalized spacial score (nSPS) is 17.3. The SMILES string of the molecule is COc1ccc(S(=O)(=O)N2CC[C@@H](c3nc(-c4ccccn4)cc(=O)[nH]3)C2)cc1. The number of sulfonamides is 1. The van der Waals surface area contributed by atoms with Gasteiger partial charge >= 0.3 is 0 Å². The number of benzene rings is 1. The second-order valence-corrected chi connectivity index (χ2v) is 8.69. The van der Waals surface area contributed by atoms with Gasteiger partial charge in [-0.25, -0.2) is 13.4 Å². The molecular weight excluding hydrogens is 392 g/mol. The van der Waals surface area contributed by atoms with Crippen LogP contribution in [0.4, 0.5) is 0 Å². The Morgan fingerprint density at radius 2 is 1.93 bits per heavy atom. The van der Waals surface area contributed by atoms with Crippen molar-refractivity contribution in [1.29, 1.82) is 0 Å². The summed E-state index contributed by atoms with van der Waals surface area (Å²) < 4.78 is 32.4. The molecule has 0 amide bonds. The number of pyridine rings is 1. The Morgan fingerprint density at radius 1 is 1.14 bits per heavy atom. The Hall–Kier alpha value is -3.04. The average Bonchev–Trinajstić information content (AvgIpc) is 3.25. The standard InChI is InChI=1S/C20H20N4O4S/c1-28-15-5-7-16(8-6-15)29(26,27)24-11-9-14(13-24)20-22-18(12-19(25)23-20)17-4-2-3-10-21-17/h2-8,10,12,14H,9,11,13H2,1H3,(H,22,23,25)/t14-/m1/s1. The van der Waals surface area contributed by atoms with Crippen molar-refractivity contribution in [3.05, 3.63) is 70.9 Å². The highest BCUT2D eigenvalue weighted by Crippen LogP contribution is 2.30. The van der Waals surface area contributed by atoms with Gasteiger partial charge in [0.25, 0.3) is 5.56 Å². The third kappa shape index (κ3) is 3.92. The number of hydrogen-bond donors (Lipinski definition) is 1. The molecular formula is C20H20N4O4S. The van der Waals surface area contributed by atoms with Gasteiger partial charge in [-0.15, -0.1) is 0 Å². The van der Waals surface area contributed by atoms with E-state index >= 15 is 0 Å². The maximum absolute atomic E-state index is 12.9. The van der Waals surface area contributed by atoms with Crippen LogP contribution in [0.25, 0.3) is 11.4 Å². The fourth-order valence-corrected chi connectivity index (χ4v) is 4.88. The zero-order valence-corrected chi connectivity index (χ0v) is 16.6. The van der Waals surface area contributed by atoms with Crippen molar-refractivity contribution in [3.8, 4) is 17.1 Å². The molecule has 1 aliphatic rings. The van der Waals surface area contributed by atoms with Crippen molar-refractivity contribution >= 4 is 10.0 Å². The molecule has 0 saturated carbocycles. The zero-order chi connectivity index (χ0) is 20.4. The lowest BCUT2D eigenvalue weighted by atomic mass is 10.1. The summed E-state index contributed by atoms with van der Waals surface area (Å²) in [6.45, 7) is 0.611. The highest BCUT2D eigenvalue weighted by molar-refractivity contribution is 7.89. The zero-order valence-electron chi connectivity index (χ0n) is 15.8. The summed E-state index contributed by atoms with van der Waals surface area (Å²) in [4.78, 5) is 23.9. The second-order valence-electron chi connectivity index (χ2n) is 6.76. The second kappa shape index (κ2) is 7.76. The summed E-state index contributed by atoms with van der Waals surface area (Å²) in [6.07, 6.45) is 2.21. The molecule has 0 unspecified atom stereocenters. The molecule has 0 bridgehead atoms. The summed E-state index contributed by atoms with van der Waals surface area (Å²) >= 11 is 0. The molecule has 4 rings (SSSR count). The lowest BCUT2D eigenvalue weighted by Gasteiger charge is -2.17. The fraction of sp³-hybridized carbons (Fsp3) is 0.250. The molecule has 1 N–H and O–H groups in total. The monoisotopic (exact) mass is 412 g/mol. The van der Waals surface area contributed by atoms with Crippen molar-refractivity contribution in [2.24, 2.45) is 0 Å². The Bertz CT molecular complexity index is 1160. The topological polar surface area (TPSA) is 105 Å². The number of hydrogen-bond acceptors (Lipinski definition) is 6. The van der Waals surface area contributed by atoms with Crippen LogP contribution in [0.15, 0.2) is 64.4 Å². The molecule has 1 aliphatic heterocycles. The summed E-state index contributed by atoms with van der Waals surface area (Å²) in [5.41, 5.74) is 0.786. The van der Waals surface area contributed by atoms with E-state index in [4.69, 9.17) is 4.74 Å². The molecule has 150 valence electrons. The number of aromatic nitrogens is 3. The molecule has 0 aliphatic carbocycles. The van der Waals surface area contributed by atoms with Crippen LogP contribution >= 0.6 is 0 Å². The molecule has 0 radical (unpaired) electrons. The maximum Gasteiger partial charge on any atom is 0.251 e. The minimum atomic E-state index is -3.63. The molecule has 0 spiro atoms. The number of nitrogens with one attached hydrogen (secondary N) is 1. The third-order valence-electron chi connectivity index (χ3n) is 4.92. The highest BCUT2D eigenvalue weighted by atomic mass is 32.2. The van der Waals surface area contributed by atoms with Gasteiger partial charge < -0.3 is 9.72 Å². The number of nitrogens with zero attached hydrogens (tertiary/aromatic N) is 3. The minimum absolute atomic E-state index is 0.195. The van der Waals surface area contributed by atoms with E-state index in [1.807, 2.05) is 6.07 Å². The number of ether oxygens (including phenoxy) is 1. The lowest BCUT2D eigenvalue weighted by Crippen LogP contribution is -2.29. The number of methoxy groups -OCH3 is 1. The van der Waals surface area contributed by atoms with Crippen molar-refractivity contribution in [2.75, 3.05) is 20.2 Å². The molecule has 1 saturated heterocycles. The van der Waals surface area contributed by atoms with Gasteiger partial charge in [0.15, 0.2) is 0 Å². The van der Waals surface area contributed by atoms with Crippen LogP contribution in [0.1, 0.15) is 18.2 Å². The predicted octanol–water partition coefficient (Wildman–Crippen LogP) is 2.02. The van der Waals surface area contributed by atoms with Crippen LogP contribution in [0, 0.1) is 0 Å². The van der Waals surface area contributed by atoms with E-state index in [0.717, 1.165) is 0 Å². The Kier molecular flexibility index (Phi) is 5.16. The number of aromatic amines is 1. The molecule has 29 heavy (non-hydrogen) atoms. The van der Waals surface area contributed by atoms with Crippen LogP contribution in [-0.4, -0.2) is 47.9 Å². The Morgan fingerprint density at radius 3 is 2.62 bits per heavy atom. The van der Waals surface area contributed by atoms with E-state index in [2.05, 4.69) is 15.0 Å². The van der Waals surface area contributed by atoms with Gasteiger partial charge in [-0.2, -0.15) is 4.31 Å². The summed E-state index contributed by atoms with van der Waals surface area (Å²) in [5.74, 6) is 0.876. The maximum atomic E-state index is 12.9. The van der Waals surface area contributed by atoms with Gasteiger partial charge in [0.05, 0.1) is 23.4 Å². The highest BCUT2D eigenvalue weighted by Gasteiger charge is 2.34. The van der Waals surface area contributed by atoms with Gasteiger partial charge in [-0.05, 0) is 42.8 Å². The first kappa shape index (κ1) is 19.3. The van der Waals surface area contributed by atoms with Crippen molar-refractivity contribution < 1.29 is 13.2 Å². The minimum Gasteiger partial charge on any atom is -0.497 e. The first-order valence-corrected chi connectivity index (χ1v) is 10.6. The number of rotatable bonds is 5. The first-order valence-electron chi connectivity index (χ1n) is 9.14. The van der Waals surface area contributed by atoms with Gasteiger partial charge in [-0.3, -0.25) is 9.78 Å². The average molecular weight is 412 g/mol. The molecule has 8 nitrogen and oxygen atoms in total. The predicted molar refractivity (Wildman–Crippen MR) is 107 cm³/mol. The van der Waals surface area contributed by atoms with E-state index in [1.165, 1.54) is 29.6 Å². The Labute approximate surface area is 168 Å². The molecule has 3 heterocycles. The largest absolute Gasteiger partial charge is 0.497 e. The molecule has 2 aromatic heterocycles. The van der Waals surface area contributed by atoms with Crippen LogP contribution in [0.5, 0.6) is 5.75 Å². The van der Waals surface area contributed by atoms with Crippen molar-refractivity contribution in [3.63, 3.8) is 0 Å². The Balaban J connectivity index is 1.58. The van der Waals surface area contributed by atoms with E-state index in [-0.39, 0.29) is 22.9 Å². The molecule has 1 atom stereocenters. The van der Waals surface area contributed by atoms with E-state index < -0.39 is 10.0 Å². The molecule has 1 aromatic carbocycles. The van der Waals surface area contributed by atoms with Gasteiger partial charge in [0.1, 0.15) is 11.6 Å². The lowest BCUT2D eigenvalue weighted by molar-refractivity contribution is 0.414. The third-order valence-corrected chi connectivity index (χ3v) is 6.80. The quantitative estimate of drug-likeness (QED) is 0.687. The van der Waals surface area contributed by atoms with Gasteiger partial charge in [0, 0.05) is 31.3 Å². The smallest absolute Gasteiger partial charge is 0.251 e. The summed E-state index contributed by atoms with van der Waals surface area (Å²) in [7, 11) is -2.10. The molecule has 9 heteroatoms. The van der Waals surface area contributed by atoms with Gasteiger partial charge in [-0.1, -0.05) is 6.07 Å². The van der Waals surface area contributed by atoms with Crippen molar-refractivity contribution in [2.45, 2.75) is 17.2 Å². The van der Waals surface area contributed by atoms with Crippen LogP contribution in [0.3, 0.4) is 0 Å². The number of H-pyrrole nitrogens is 1. The molecule has 1 fully saturated rings. The van der Waals surface area contributed by atoms with Gasteiger partial charge in [0.2, 0.25) is 10.0 Å².